The third-order valence-corrected chi connectivity index (χ3v) is 2.25. The predicted molar refractivity (Wildman–Crippen MR) is 61.2 cm³/mol. The number of hydrogen-bond donors (Lipinski definition) is 1. The third-order valence-electron chi connectivity index (χ3n) is 1.56. The highest BCUT2D eigenvalue weighted by molar-refractivity contribution is 8.13. The van der Waals surface area contributed by atoms with Crippen molar-refractivity contribution in [3.63, 3.8) is 0 Å². The zero-order valence-electron chi connectivity index (χ0n) is 8.56. The first-order valence-corrected chi connectivity index (χ1v) is 5.39. The van der Waals surface area contributed by atoms with Crippen LogP contribution in [0.2, 0.25) is 0 Å². The number of carboxylic acid groups (broad SMARTS) is 1. The van der Waals surface area contributed by atoms with Crippen LogP contribution in [0.5, 0.6) is 0 Å². The third kappa shape index (κ3) is 4.15. The molecule has 5 heteroatoms. The van der Waals surface area contributed by atoms with Crippen molar-refractivity contribution in [1.82, 2.24) is 4.98 Å². The molecule has 1 heterocycles. The number of nitrogens with zero attached hydrogens (tertiary/aromatic N) is 1. The maximum Gasteiger partial charge on any atom is 0.354 e. The Balaban J connectivity index is 2.70. The van der Waals surface area contributed by atoms with Crippen LogP contribution in [0.15, 0.2) is 18.3 Å². The number of aromatic carboxylic acids is 1. The molecule has 0 saturated carbocycles. The quantitative estimate of drug-likeness (QED) is 0.785. The fourth-order valence-electron chi connectivity index (χ4n) is 0.901. The number of carbonyl (C=O) groups is 2. The smallest absolute Gasteiger partial charge is 0.354 e. The lowest BCUT2D eigenvalue weighted by Crippen LogP contribution is -1.99. The van der Waals surface area contributed by atoms with Gasteiger partial charge in [-0.15, -0.1) is 0 Å². The van der Waals surface area contributed by atoms with Crippen molar-refractivity contribution in [2.45, 2.75) is 6.92 Å². The van der Waals surface area contributed by atoms with Gasteiger partial charge in [-0.1, -0.05) is 23.6 Å². The van der Waals surface area contributed by atoms with Crippen molar-refractivity contribution in [3.8, 4) is 11.8 Å². The van der Waals surface area contributed by atoms with Gasteiger partial charge in [-0.2, -0.15) is 0 Å². The Morgan fingerprint density at radius 3 is 2.94 bits per heavy atom. The molecular formula is C11H9NO3S. The average molecular weight is 235 g/mol. The summed E-state index contributed by atoms with van der Waals surface area (Å²) in [4.78, 5) is 24.9. The van der Waals surface area contributed by atoms with Crippen LogP contribution in [-0.2, 0) is 4.79 Å². The lowest BCUT2D eigenvalue weighted by atomic mass is 10.2. The van der Waals surface area contributed by atoms with E-state index in [1.165, 1.54) is 19.2 Å². The first-order valence-electron chi connectivity index (χ1n) is 4.41. The Labute approximate surface area is 97.1 Å². The van der Waals surface area contributed by atoms with Gasteiger partial charge in [-0.3, -0.25) is 4.79 Å². The van der Waals surface area contributed by atoms with Gasteiger partial charge in [0.05, 0.1) is 5.75 Å². The van der Waals surface area contributed by atoms with Crippen molar-refractivity contribution in [2.24, 2.45) is 0 Å². The van der Waals surface area contributed by atoms with Crippen LogP contribution in [0.25, 0.3) is 0 Å². The maximum atomic E-state index is 10.6. The largest absolute Gasteiger partial charge is 0.477 e. The van der Waals surface area contributed by atoms with Crippen LogP contribution in [0, 0.1) is 11.8 Å². The number of hydrogen-bond acceptors (Lipinski definition) is 4. The Morgan fingerprint density at radius 2 is 2.31 bits per heavy atom. The SMILES string of the molecule is CC(=O)SCC#Cc1ccnc(C(=O)O)c1. The second kappa shape index (κ2) is 5.93. The molecule has 0 aromatic carbocycles. The maximum absolute atomic E-state index is 10.6. The van der Waals surface area contributed by atoms with Crippen LogP contribution in [-0.4, -0.2) is 26.9 Å². The Hall–Kier alpha value is -1.80. The van der Waals surface area contributed by atoms with E-state index in [-0.39, 0.29) is 10.8 Å². The minimum Gasteiger partial charge on any atom is -0.477 e. The molecule has 0 radical (unpaired) electrons. The highest BCUT2D eigenvalue weighted by Gasteiger charge is 2.03. The standard InChI is InChI=1S/C11H9NO3S/c1-8(13)16-6-2-3-9-4-5-12-10(7-9)11(14)15/h4-5,7H,6H2,1H3,(H,14,15). The molecule has 0 saturated heterocycles. The Morgan fingerprint density at radius 1 is 1.56 bits per heavy atom. The van der Waals surface area contributed by atoms with Gasteiger partial charge < -0.3 is 5.11 Å². The topological polar surface area (TPSA) is 67.3 Å². The molecule has 0 spiro atoms. The highest BCUT2D eigenvalue weighted by Crippen LogP contribution is 2.02. The van der Waals surface area contributed by atoms with Gasteiger partial charge >= 0.3 is 5.97 Å². The van der Waals surface area contributed by atoms with Crippen molar-refractivity contribution in [3.05, 3.63) is 29.6 Å². The van der Waals surface area contributed by atoms with Gasteiger partial charge in [0.2, 0.25) is 0 Å². The van der Waals surface area contributed by atoms with E-state index in [1.807, 2.05) is 0 Å². The molecule has 0 aliphatic rings. The summed E-state index contributed by atoms with van der Waals surface area (Å²) in [5.41, 5.74) is 0.544. The van der Waals surface area contributed by atoms with E-state index in [4.69, 9.17) is 5.11 Å². The molecule has 0 aliphatic heterocycles. The lowest BCUT2D eigenvalue weighted by Gasteiger charge is -1.93. The van der Waals surface area contributed by atoms with Crippen LogP contribution in [0.1, 0.15) is 23.0 Å². The van der Waals surface area contributed by atoms with Gasteiger partial charge in [-0.25, -0.2) is 9.78 Å². The van der Waals surface area contributed by atoms with E-state index in [2.05, 4.69) is 16.8 Å². The molecule has 1 aromatic heterocycles. The minimum absolute atomic E-state index is 0.00949. The zero-order chi connectivity index (χ0) is 12.0. The van der Waals surface area contributed by atoms with Gasteiger partial charge in [0.1, 0.15) is 5.69 Å². The second-order valence-electron chi connectivity index (χ2n) is 2.82. The van der Waals surface area contributed by atoms with Crippen molar-refractivity contribution in [1.29, 1.82) is 0 Å². The molecule has 16 heavy (non-hydrogen) atoms. The molecular weight excluding hydrogens is 226 g/mol. The van der Waals surface area contributed by atoms with E-state index in [9.17, 15) is 9.59 Å². The Kier molecular flexibility index (Phi) is 4.55. The summed E-state index contributed by atoms with van der Waals surface area (Å²) in [6.07, 6.45) is 1.39. The molecule has 0 unspecified atom stereocenters. The van der Waals surface area contributed by atoms with Crippen LogP contribution < -0.4 is 0 Å². The molecule has 0 amide bonds. The monoisotopic (exact) mass is 235 g/mol. The summed E-state index contributed by atoms with van der Waals surface area (Å²) in [5, 5.41) is 8.70. The van der Waals surface area contributed by atoms with Gasteiger partial charge in [0, 0.05) is 18.7 Å². The summed E-state index contributed by atoms with van der Waals surface area (Å²) in [6.45, 7) is 1.47. The molecule has 1 rings (SSSR count). The van der Waals surface area contributed by atoms with Crippen LogP contribution >= 0.6 is 11.8 Å². The predicted octanol–water partition coefficient (Wildman–Crippen LogP) is 1.41. The zero-order valence-corrected chi connectivity index (χ0v) is 9.37. The first kappa shape index (κ1) is 12.3. The van der Waals surface area contributed by atoms with Gasteiger partial charge in [-0.05, 0) is 12.1 Å². The summed E-state index contributed by atoms with van der Waals surface area (Å²) < 4.78 is 0. The van der Waals surface area contributed by atoms with Crippen molar-refractivity contribution >= 4 is 22.8 Å². The van der Waals surface area contributed by atoms with Crippen molar-refractivity contribution in [2.75, 3.05) is 5.75 Å². The van der Waals surface area contributed by atoms with E-state index in [1.54, 1.807) is 6.07 Å². The lowest BCUT2D eigenvalue weighted by molar-refractivity contribution is -0.109. The average Bonchev–Trinajstić information content (AvgIpc) is 2.24. The number of rotatable bonds is 2. The summed E-state index contributed by atoms with van der Waals surface area (Å²) >= 11 is 1.12. The fourth-order valence-corrected chi connectivity index (χ4v) is 1.25. The molecule has 82 valence electrons. The van der Waals surface area contributed by atoms with Crippen LogP contribution in [0.3, 0.4) is 0 Å². The normalized spacial score (nSPS) is 9.06. The van der Waals surface area contributed by atoms with Gasteiger partial charge in [0.15, 0.2) is 5.12 Å². The molecule has 0 atom stereocenters. The number of carboxylic acids is 1. The van der Waals surface area contributed by atoms with Gasteiger partial charge in [0.25, 0.3) is 0 Å². The summed E-state index contributed by atoms with van der Waals surface area (Å²) in [6, 6.07) is 3.02. The molecule has 4 nitrogen and oxygen atoms in total. The fraction of sp³-hybridized carbons (Fsp3) is 0.182. The Bertz CT molecular complexity index is 474. The number of pyridine rings is 1. The van der Waals surface area contributed by atoms with E-state index in [0.717, 1.165) is 11.8 Å². The second-order valence-corrected chi connectivity index (χ2v) is 3.97. The highest BCUT2D eigenvalue weighted by atomic mass is 32.2. The molecule has 0 fully saturated rings. The number of thioether (sulfide) groups is 1. The molecule has 1 N–H and O–H groups in total. The molecule has 0 bridgehead atoms. The number of carbonyl (C=O) groups excluding carboxylic acids is 1. The minimum atomic E-state index is -1.08. The number of aromatic nitrogens is 1. The van der Waals surface area contributed by atoms with E-state index >= 15 is 0 Å². The summed E-state index contributed by atoms with van der Waals surface area (Å²) in [7, 11) is 0. The van der Waals surface area contributed by atoms with Crippen LogP contribution in [0.4, 0.5) is 0 Å². The molecule has 0 aliphatic carbocycles. The van der Waals surface area contributed by atoms with Crippen molar-refractivity contribution < 1.29 is 14.7 Å². The first-order chi connectivity index (χ1) is 7.59. The molecule has 1 aromatic rings. The summed E-state index contributed by atoms with van der Waals surface area (Å²) in [5.74, 6) is 4.86. The van der Waals surface area contributed by atoms with E-state index < -0.39 is 5.97 Å². The van der Waals surface area contributed by atoms with E-state index in [0.29, 0.717) is 11.3 Å².